The van der Waals surface area contributed by atoms with E-state index >= 15 is 0 Å². The zero-order chi connectivity index (χ0) is 64.1. The van der Waals surface area contributed by atoms with E-state index in [1.54, 1.807) is 45.2 Å². The molecule has 0 radical (unpaired) electrons. The molecule has 25 heteroatoms. The predicted molar refractivity (Wildman–Crippen MR) is 323 cm³/mol. The molecule has 87 heavy (non-hydrogen) atoms. The molecule has 3 heterocycles. The smallest absolute Gasteiger partial charge is 0.409 e. The Morgan fingerprint density at radius 2 is 1.66 bits per heavy atom. The summed E-state index contributed by atoms with van der Waals surface area (Å²) in [6.07, 6.45) is 6.89. The number of allylic oxidation sites excluding steroid dienone is 3. The molecule has 0 aromatic heterocycles. The number of methoxy groups -OCH3 is 2. The Morgan fingerprint density at radius 1 is 0.966 bits per heavy atom. The van der Waals surface area contributed by atoms with Crippen LogP contribution in [-0.4, -0.2) is 158 Å². The van der Waals surface area contributed by atoms with E-state index in [1.807, 2.05) is 26.8 Å². The lowest BCUT2D eigenvalue weighted by Crippen LogP contribution is -2.64. The van der Waals surface area contributed by atoms with E-state index in [4.69, 9.17) is 36.3 Å². The van der Waals surface area contributed by atoms with Gasteiger partial charge in [0, 0.05) is 76.0 Å². The van der Waals surface area contributed by atoms with Crippen LogP contribution < -0.4 is 42.0 Å². The molecule has 3 aliphatic heterocycles. The van der Waals surface area contributed by atoms with E-state index in [1.165, 1.54) is 74.4 Å². The number of hydrogen-bond acceptors (Lipinski definition) is 15. The van der Waals surface area contributed by atoms with Crippen molar-refractivity contribution in [2.24, 2.45) is 28.9 Å². The number of nitrogens with zero attached hydrogens (tertiary/aromatic N) is 3. The largest absolute Gasteiger partial charge is 0.495 e. The van der Waals surface area contributed by atoms with E-state index in [0.29, 0.717) is 50.0 Å². The molecular formula is C62H84ClN9O15. The van der Waals surface area contributed by atoms with Crippen molar-refractivity contribution in [2.75, 3.05) is 51.6 Å². The average molecular weight is 1230 g/mol. The number of alkyl carbamates (subject to hydrolysis) is 1. The Balaban J connectivity index is 1.16. The standard InChI is InChI=1S/C62H84ClN9O15/c1-35(2)54(68-49(73)19-12-11-13-29-72-50(74)24-25-51(72)75)56(78)67-43(17-15-28-65-59(64)81)55(77)66-41-22-20-40(21-23-41)57(79)70(7)38(5)58(80)87-48-33-52(76)71(8)44-31-39(32-45(84-9)53(44)63)30-36(3)16-14-18-47(85-10)62(83)34-46(86-60(82)69-62)37(4)42-26-27-61(42,48)6/h14,16,18,20-25,31-32,35,37-38,42-43,46-48,54,83H,11-13,15,17,19,26-30,33-34H2,1-10H3,(H,66,77)(H,67,78)(H,68,73)(H,69,82)(H3,64,65,81)/b18-14+,36-16+/t37-,38-,42-,43-,46-,47+,48-,54-,61+,62-/m0/s1. The summed E-state index contributed by atoms with van der Waals surface area (Å²) in [5.74, 6) is -5.08. The van der Waals surface area contributed by atoms with Gasteiger partial charge in [0.05, 0.1) is 19.2 Å². The highest BCUT2D eigenvalue weighted by Gasteiger charge is 2.57. The maximum atomic E-state index is 14.7. The number of unbranched alkanes of at least 4 members (excludes halogenated alkanes) is 2. The Morgan fingerprint density at radius 3 is 2.28 bits per heavy atom. The lowest BCUT2D eigenvalue weighted by atomic mass is 9.53. The molecule has 1 saturated heterocycles. The third-order valence-electron chi connectivity index (χ3n) is 17.1. The van der Waals surface area contributed by atoms with E-state index in [0.717, 1.165) is 16.0 Å². The summed E-state index contributed by atoms with van der Waals surface area (Å²) in [6, 6.07) is 5.22. The minimum atomic E-state index is -1.87. The first-order valence-electron chi connectivity index (χ1n) is 29.4. The highest BCUT2D eigenvalue weighted by molar-refractivity contribution is 6.35. The third-order valence-corrected chi connectivity index (χ3v) is 17.5. The summed E-state index contributed by atoms with van der Waals surface area (Å²) in [5.41, 5.74) is 4.88. The highest BCUT2D eigenvalue weighted by atomic mass is 35.5. The number of primary amides is 1. The topological polar surface area (TPSA) is 324 Å². The molecule has 10 amide bonds. The number of nitrogens with two attached hydrogens (primary N) is 1. The second kappa shape index (κ2) is 30.2. The average Bonchev–Trinajstić information content (AvgIpc) is 1.38. The van der Waals surface area contributed by atoms with Gasteiger partial charge in [-0.15, -0.1) is 0 Å². The number of imide groups is 1. The van der Waals surface area contributed by atoms with Gasteiger partial charge < -0.3 is 60.9 Å². The first kappa shape index (κ1) is 68.3. The van der Waals surface area contributed by atoms with Gasteiger partial charge in [-0.2, -0.15) is 0 Å². The van der Waals surface area contributed by atoms with Crippen LogP contribution in [0.4, 0.5) is 21.0 Å². The number of rotatable bonds is 22. The van der Waals surface area contributed by atoms with Gasteiger partial charge >= 0.3 is 18.1 Å². The fourth-order valence-corrected chi connectivity index (χ4v) is 11.8. The molecule has 474 valence electrons. The van der Waals surface area contributed by atoms with Gasteiger partial charge in [-0.05, 0) is 119 Å². The summed E-state index contributed by atoms with van der Waals surface area (Å²) in [4.78, 5) is 136. The number of ether oxygens (including phenoxy) is 4. The van der Waals surface area contributed by atoms with Crippen LogP contribution in [0.1, 0.15) is 122 Å². The second-order valence-corrected chi connectivity index (χ2v) is 23.9. The van der Waals surface area contributed by atoms with Crippen molar-refractivity contribution >= 4 is 82.4 Å². The van der Waals surface area contributed by atoms with Crippen molar-refractivity contribution in [1.29, 1.82) is 0 Å². The Hall–Kier alpha value is -7.83. The molecule has 1 aliphatic carbocycles. The summed E-state index contributed by atoms with van der Waals surface area (Å²) in [6.45, 7) is 11.0. The van der Waals surface area contributed by atoms with Crippen LogP contribution in [0.25, 0.3) is 0 Å². The van der Waals surface area contributed by atoms with Crippen molar-refractivity contribution < 1.29 is 72.0 Å². The van der Waals surface area contributed by atoms with Crippen LogP contribution in [0.5, 0.6) is 5.75 Å². The number of likely N-dealkylation sites (N-methyl/N-ethyl adjacent to an activating group) is 1. The third kappa shape index (κ3) is 17.2. The zero-order valence-electron chi connectivity index (χ0n) is 51.2. The molecule has 0 spiro atoms. The molecule has 10 atom stereocenters. The van der Waals surface area contributed by atoms with Gasteiger partial charge in [-0.25, -0.2) is 14.4 Å². The number of benzene rings is 2. The van der Waals surface area contributed by atoms with Crippen LogP contribution in [0.3, 0.4) is 0 Å². The normalized spacial score (nSPS) is 25.0. The van der Waals surface area contributed by atoms with E-state index < -0.39 is 107 Å². The quantitative estimate of drug-likeness (QED) is 0.0430. The van der Waals surface area contributed by atoms with Crippen molar-refractivity contribution in [3.05, 3.63) is 88.5 Å². The number of nitrogens with one attached hydrogen (secondary N) is 5. The lowest BCUT2D eigenvalue weighted by Gasteiger charge is -2.55. The minimum absolute atomic E-state index is 0.0501. The molecular weight excluding hydrogens is 1150 g/mol. The molecule has 2 aromatic carbocycles. The predicted octanol–water partition coefficient (Wildman–Crippen LogP) is 5.59. The van der Waals surface area contributed by atoms with E-state index in [9.17, 15) is 53.1 Å². The molecule has 4 bridgehead atoms. The fraction of sp³-hybridized carbons (Fsp3) is 0.548. The Labute approximate surface area is 512 Å². The van der Waals surface area contributed by atoms with Crippen LogP contribution in [0.15, 0.2) is 72.4 Å². The van der Waals surface area contributed by atoms with Gasteiger partial charge in [0.2, 0.25) is 23.6 Å². The molecule has 0 unspecified atom stereocenters. The van der Waals surface area contributed by atoms with Gasteiger partial charge in [-0.3, -0.25) is 43.8 Å². The number of carbonyl (C=O) groups is 10. The monoisotopic (exact) mass is 1230 g/mol. The van der Waals surface area contributed by atoms with Crippen molar-refractivity contribution in [3.63, 3.8) is 0 Å². The molecule has 4 aliphatic rings. The number of amides is 10. The first-order valence-corrected chi connectivity index (χ1v) is 29.7. The van der Waals surface area contributed by atoms with Crippen LogP contribution in [0, 0.1) is 23.2 Å². The van der Waals surface area contributed by atoms with Crippen molar-refractivity contribution in [2.45, 2.75) is 154 Å². The number of fused-ring (bicyclic) bond motifs is 5. The number of halogens is 1. The number of aliphatic hydroxyl groups is 1. The number of esters is 1. The van der Waals surface area contributed by atoms with Crippen LogP contribution in [-0.2, 0) is 54.2 Å². The number of anilines is 2. The number of carbonyl (C=O) groups excluding carboxylic acids is 10. The van der Waals surface area contributed by atoms with Gasteiger partial charge in [0.25, 0.3) is 17.7 Å². The fourth-order valence-electron chi connectivity index (χ4n) is 11.5. The first-order chi connectivity index (χ1) is 41.1. The summed E-state index contributed by atoms with van der Waals surface area (Å²) >= 11 is 6.89. The molecule has 2 aromatic rings. The molecule has 24 nitrogen and oxygen atoms in total. The maximum Gasteiger partial charge on any atom is 0.409 e. The van der Waals surface area contributed by atoms with Crippen LogP contribution >= 0.6 is 11.6 Å². The van der Waals surface area contributed by atoms with E-state index in [-0.39, 0.29) is 79.2 Å². The van der Waals surface area contributed by atoms with Crippen molar-refractivity contribution in [3.8, 4) is 5.75 Å². The molecule has 6 rings (SSSR count). The van der Waals surface area contributed by atoms with E-state index in [2.05, 4.69) is 26.6 Å². The number of hydrogen-bond donors (Lipinski definition) is 7. The Kier molecular flexibility index (Phi) is 23.7. The lowest BCUT2D eigenvalue weighted by molar-refractivity contribution is -0.185. The molecule has 1 saturated carbocycles. The minimum Gasteiger partial charge on any atom is -0.495 e. The number of urea groups is 1. The highest BCUT2D eigenvalue weighted by Crippen LogP contribution is 2.56. The van der Waals surface area contributed by atoms with Gasteiger partial charge in [0.15, 0.2) is 5.72 Å². The summed E-state index contributed by atoms with van der Waals surface area (Å²) in [5, 5.41) is 25.5. The summed E-state index contributed by atoms with van der Waals surface area (Å²) < 4.78 is 23.6. The van der Waals surface area contributed by atoms with Crippen molar-refractivity contribution in [1.82, 2.24) is 31.1 Å². The SMILES string of the molecule is COc1cc2cc(c1Cl)N(C)C(=O)C[C@H](OC(=O)[C@H](C)N(C)C(=O)c1ccc(NC(=O)[C@H](CCCNC(N)=O)NC(=O)[C@@H](NC(=O)CCCCCN3C(=O)C=CC3=O)C(C)C)cc1)[C@]1(C)CC[C@H]1[C@H](C)[C@@H]1C[C@@](O)(NC(=O)O1)[C@H](OC)/C=C/C=C(\C)C2. The Bertz CT molecular complexity index is 2990. The molecule has 8 N–H and O–H groups in total. The zero-order valence-corrected chi connectivity index (χ0v) is 52.0. The summed E-state index contributed by atoms with van der Waals surface area (Å²) in [7, 11) is 5.90. The second-order valence-electron chi connectivity index (χ2n) is 23.6. The van der Waals surface area contributed by atoms with Gasteiger partial charge in [0.1, 0.15) is 47.2 Å². The maximum absolute atomic E-state index is 14.7. The van der Waals surface area contributed by atoms with Gasteiger partial charge in [-0.1, -0.05) is 69.5 Å². The molecule has 2 fully saturated rings. The van der Waals surface area contributed by atoms with Crippen LogP contribution in [0.2, 0.25) is 5.02 Å².